The van der Waals surface area contributed by atoms with Crippen LogP contribution in [0.3, 0.4) is 0 Å². The standard InChI is InChI=1S/C23H25ClN2O2S2/c1-15-3-4-16(2)22-21(15)25-23(30-22)28-18-9-12-26(13-10-18)20(27)11-14-29-19-7-5-17(24)6-8-19/h3-8,18H,9-14H2,1-2H3. The summed E-state index contributed by atoms with van der Waals surface area (Å²) in [6.45, 7) is 5.69. The Kier molecular flexibility index (Phi) is 6.86. The first kappa shape index (κ1) is 21.5. The summed E-state index contributed by atoms with van der Waals surface area (Å²) in [6.07, 6.45) is 2.38. The number of fused-ring (bicyclic) bond motifs is 1. The molecule has 4 rings (SSSR count). The molecule has 158 valence electrons. The minimum Gasteiger partial charge on any atom is -0.467 e. The van der Waals surface area contributed by atoms with E-state index in [4.69, 9.17) is 21.3 Å². The molecule has 1 fully saturated rings. The maximum absolute atomic E-state index is 12.5. The molecule has 1 amide bonds. The zero-order chi connectivity index (χ0) is 21.1. The number of rotatable bonds is 6. The SMILES string of the molecule is Cc1ccc(C)c2sc(OC3CCN(C(=O)CCSc4ccc(Cl)cc4)CC3)nc12. The number of aryl methyl sites for hydroxylation is 2. The van der Waals surface area contributed by atoms with Crippen molar-refractivity contribution in [1.29, 1.82) is 0 Å². The molecule has 2 heterocycles. The second-order valence-electron chi connectivity index (χ2n) is 7.61. The molecule has 0 atom stereocenters. The van der Waals surface area contributed by atoms with Crippen LogP contribution >= 0.6 is 34.7 Å². The van der Waals surface area contributed by atoms with Gasteiger partial charge in [-0.3, -0.25) is 4.79 Å². The molecular weight excluding hydrogens is 436 g/mol. The fraction of sp³-hybridized carbons (Fsp3) is 0.391. The lowest BCUT2D eigenvalue weighted by molar-refractivity contribution is -0.132. The van der Waals surface area contributed by atoms with E-state index in [0.717, 1.165) is 52.3 Å². The minimum atomic E-state index is 0.124. The first-order chi connectivity index (χ1) is 14.5. The highest BCUT2D eigenvalue weighted by Crippen LogP contribution is 2.33. The summed E-state index contributed by atoms with van der Waals surface area (Å²) < 4.78 is 7.39. The van der Waals surface area contributed by atoms with Crippen LogP contribution in [0, 0.1) is 13.8 Å². The zero-order valence-electron chi connectivity index (χ0n) is 17.2. The first-order valence-corrected chi connectivity index (χ1v) is 12.4. The van der Waals surface area contributed by atoms with Crippen LogP contribution in [0.25, 0.3) is 10.2 Å². The van der Waals surface area contributed by atoms with Crippen LogP contribution in [0.15, 0.2) is 41.3 Å². The lowest BCUT2D eigenvalue weighted by atomic mass is 10.1. The Morgan fingerprint density at radius 1 is 1.17 bits per heavy atom. The normalized spacial score (nSPS) is 15.0. The monoisotopic (exact) mass is 460 g/mol. The van der Waals surface area contributed by atoms with E-state index in [-0.39, 0.29) is 12.0 Å². The molecule has 7 heteroatoms. The molecule has 0 radical (unpaired) electrons. The van der Waals surface area contributed by atoms with E-state index >= 15 is 0 Å². The molecule has 0 bridgehead atoms. The van der Waals surface area contributed by atoms with Crippen molar-refractivity contribution in [3.05, 3.63) is 52.5 Å². The van der Waals surface area contributed by atoms with Crippen molar-refractivity contribution in [3.63, 3.8) is 0 Å². The summed E-state index contributed by atoms with van der Waals surface area (Å²) in [7, 11) is 0. The van der Waals surface area contributed by atoms with Gasteiger partial charge in [0.25, 0.3) is 5.19 Å². The van der Waals surface area contributed by atoms with Gasteiger partial charge < -0.3 is 9.64 Å². The number of thiazole rings is 1. The lowest BCUT2D eigenvalue weighted by Crippen LogP contribution is -2.41. The van der Waals surface area contributed by atoms with Gasteiger partial charge in [-0.05, 0) is 49.2 Å². The van der Waals surface area contributed by atoms with Crippen molar-refractivity contribution in [2.75, 3.05) is 18.8 Å². The van der Waals surface area contributed by atoms with E-state index in [9.17, 15) is 4.79 Å². The van der Waals surface area contributed by atoms with E-state index in [2.05, 4.69) is 26.0 Å². The third kappa shape index (κ3) is 5.10. The van der Waals surface area contributed by atoms with Gasteiger partial charge in [0.15, 0.2) is 0 Å². The summed E-state index contributed by atoms with van der Waals surface area (Å²) in [6, 6.07) is 12.0. The number of halogens is 1. The van der Waals surface area contributed by atoms with Crippen LogP contribution < -0.4 is 4.74 Å². The van der Waals surface area contributed by atoms with Crippen LogP contribution in [0.1, 0.15) is 30.4 Å². The second-order valence-corrected chi connectivity index (χ2v) is 10.2. The van der Waals surface area contributed by atoms with E-state index in [1.54, 1.807) is 23.1 Å². The van der Waals surface area contributed by atoms with E-state index in [1.807, 2.05) is 29.2 Å². The van der Waals surface area contributed by atoms with Crippen molar-refractivity contribution in [1.82, 2.24) is 9.88 Å². The quantitative estimate of drug-likeness (QED) is 0.415. The Morgan fingerprint density at radius 2 is 1.87 bits per heavy atom. The number of hydrogen-bond acceptors (Lipinski definition) is 5. The summed E-state index contributed by atoms with van der Waals surface area (Å²) in [4.78, 5) is 20.3. The van der Waals surface area contributed by atoms with Gasteiger partial charge in [-0.2, -0.15) is 0 Å². The van der Waals surface area contributed by atoms with Crippen LogP contribution in [-0.2, 0) is 4.79 Å². The average Bonchev–Trinajstić information content (AvgIpc) is 3.18. The molecular formula is C23H25ClN2O2S2. The third-order valence-corrected chi connectivity index (χ3v) is 7.73. The number of carbonyl (C=O) groups excluding carboxylic acids is 1. The molecule has 1 aliphatic rings. The Morgan fingerprint density at radius 3 is 2.57 bits per heavy atom. The second kappa shape index (κ2) is 9.58. The van der Waals surface area contributed by atoms with Gasteiger partial charge in [-0.25, -0.2) is 4.98 Å². The van der Waals surface area contributed by atoms with Gasteiger partial charge >= 0.3 is 0 Å². The number of hydrogen-bond donors (Lipinski definition) is 0. The molecule has 1 aromatic heterocycles. The molecule has 0 saturated carbocycles. The van der Waals surface area contributed by atoms with Crippen molar-refractivity contribution in [3.8, 4) is 5.19 Å². The molecule has 1 aliphatic heterocycles. The Labute approximate surface area is 190 Å². The van der Waals surface area contributed by atoms with Crippen molar-refractivity contribution in [2.24, 2.45) is 0 Å². The smallest absolute Gasteiger partial charge is 0.274 e. The first-order valence-electron chi connectivity index (χ1n) is 10.2. The summed E-state index contributed by atoms with van der Waals surface area (Å²) in [5.41, 5.74) is 3.46. The van der Waals surface area contributed by atoms with Crippen LogP contribution in [-0.4, -0.2) is 40.7 Å². The van der Waals surface area contributed by atoms with Crippen LogP contribution in [0.5, 0.6) is 5.19 Å². The number of thioether (sulfide) groups is 1. The van der Waals surface area contributed by atoms with Gasteiger partial charge in [0.1, 0.15) is 6.10 Å². The van der Waals surface area contributed by atoms with Crippen molar-refractivity contribution >= 4 is 50.8 Å². The summed E-state index contributed by atoms with van der Waals surface area (Å²) in [5, 5.41) is 1.48. The van der Waals surface area contributed by atoms with Gasteiger partial charge in [-0.1, -0.05) is 35.1 Å². The molecule has 4 nitrogen and oxygen atoms in total. The largest absolute Gasteiger partial charge is 0.467 e. The van der Waals surface area contributed by atoms with Crippen molar-refractivity contribution < 1.29 is 9.53 Å². The third-order valence-electron chi connectivity index (χ3n) is 5.38. The van der Waals surface area contributed by atoms with Crippen LogP contribution in [0.2, 0.25) is 5.02 Å². The molecule has 0 unspecified atom stereocenters. The molecule has 3 aromatic rings. The zero-order valence-corrected chi connectivity index (χ0v) is 19.6. The fourth-order valence-corrected chi connectivity index (χ4v) is 5.60. The van der Waals surface area contributed by atoms with E-state index < -0.39 is 0 Å². The molecule has 0 aliphatic carbocycles. The number of ether oxygens (including phenoxy) is 1. The molecule has 1 saturated heterocycles. The number of aromatic nitrogens is 1. The number of amides is 1. The Balaban J connectivity index is 1.24. The number of likely N-dealkylation sites (tertiary alicyclic amines) is 1. The fourth-order valence-electron chi connectivity index (χ4n) is 3.60. The Bertz CT molecular complexity index is 989. The number of benzene rings is 2. The topological polar surface area (TPSA) is 42.4 Å². The van der Waals surface area contributed by atoms with Crippen LogP contribution in [0.4, 0.5) is 0 Å². The summed E-state index contributed by atoms with van der Waals surface area (Å²) >= 11 is 9.23. The lowest BCUT2D eigenvalue weighted by Gasteiger charge is -2.31. The van der Waals surface area contributed by atoms with Gasteiger partial charge in [-0.15, -0.1) is 11.8 Å². The predicted octanol–water partition coefficient (Wildman–Crippen LogP) is 6.12. The number of carbonyl (C=O) groups is 1. The number of nitrogens with zero attached hydrogens (tertiary/aromatic N) is 2. The highest BCUT2D eigenvalue weighted by Gasteiger charge is 2.24. The van der Waals surface area contributed by atoms with E-state index in [0.29, 0.717) is 6.42 Å². The highest BCUT2D eigenvalue weighted by atomic mass is 35.5. The Hall–Kier alpha value is -1.76. The highest BCUT2D eigenvalue weighted by molar-refractivity contribution is 7.99. The van der Waals surface area contributed by atoms with Gasteiger partial charge in [0, 0.05) is 48.0 Å². The maximum Gasteiger partial charge on any atom is 0.274 e. The average molecular weight is 461 g/mol. The molecule has 0 N–H and O–H groups in total. The molecule has 30 heavy (non-hydrogen) atoms. The summed E-state index contributed by atoms with van der Waals surface area (Å²) in [5.74, 6) is 1.00. The maximum atomic E-state index is 12.5. The van der Waals surface area contributed by atoms with E-state index in [1.165, 1.54) is 15.8 Å². The van der Waals surface area contributed by atoms with Crippen molar-refractivity contribution in [2.45, 2.75) is 44.1 Å². The molecule has 0 spiro atoms. The van der Waals surface area contributed by atoms with Gasteiger partial charge in [0.05, 0.1) is 10.2 Å². The molecule has 2 aromatic carbocycles. The minimum absolute atomic E-state index is 0.124. The van der Waals surface area contributed by atoms with Gasteiger partial charge in [0.2, 0.25) is 5.91 Å². The number of piperidine rings is 1. The predicted molar refractivity (Wildman–Crippen MR) is 126 cm³/mol.